The van der Waals surface area contributed by atoms with Crippen LogP contribution in [0.5, 0.6) is 0 Å². The number of carbonyl (C=O) groups is 1. The number of anilines is 1. The summed E-state index contributed by atoms with van der Waals surface area (Å²) in [4.78, 5) is 32.3. The van der Waals surface area contributed by atoms with E-state index in [1.165, 1.54) is 6.42 Å². The third-order valence-electron chi connectivity index (χ3n) is 5.50. The van der Waals surface area contributed by atoms with Gasteiger partial charge < -0.3 is 9.80 Å². The minimum atomic E-state index is 0.0977. The number of aromatic nitrogens is 3. The number of pyridine rings is 1. The SMILES string of the molecule is CN(C)c1ncc(CN2C[C@H]3CC[C@@H]2CN(C(=O)c2cccnc2)C3)cn1. The Kier molecular flexibility index (Phi) is 5.03. The Morgan fingerprint density at radius 1 is 1.15 bits per heavy atom. The molecule has 7 heteroatoms. The zero-order valence-corrected chi connectivity index (χ0v) is 16.0. The van der Waals surface area contributed by atoms with Gasteiger partial charge >= 0.3 is 0 Å². The summed E-state index contributed by atoms with van der Waals surface area (Å²) in [6.45, 7) is 3.47. The number of rotatable bonds is 4. The number of piperidine rings is 1. The van der Waals surface area contributed by atoms with Gasteiger partial charge in [-0.1, -0.05) is 0 Å². The van der Waals surface area contributed by atoms with E-state index in [4.69, 9.17) is 0 Å². The minimum absolute atomic E-state index is 0.0977. The molecule has 3 aliphatic heterocycles. The van der Waals surface area contributed by atoms with Crippen LogP contribution in [0.25, 0.3) is 0 Å². The molecule has 0 N–H and O–H groups in total. The van der Waals surface area contributed by atoms with Crippen LogP contribution in [0.4, 0.5) is 5.95 Å². The molecule has 0 radical (unpaired) electrons. The summed E-state index contributed by atoms with van der Waals surface area (Å²) in [6.07, 6.45) is 9.52. The van der Waals surface area contributed by atoms with Gasteiger partial charge in [0, 0.05) is 76.7 Å². The van der Waals surface area contributed by atoms with Crippen LogP contribution in [0.2, 0.25) is 0 Å². The van der Waals surface area contributed by atoms with E-state index in [1.54, 1.807) is 12.4 Å². The highest BCUT2D eigenvalue weighted by Crippen LogP contribution is 2.29. The lowest BCUT2D eigenvalue weighted by Gasteiger charge is -2.35. The first-order valence-corrected chi connectivity index (χ1v) is 9.52. The van der Waals surface area contributed by atoms with Gasteiger partial charge in [-0.15, -0.1) is 0 Å². The number of fused-ring (bicyclic) bond motifs is 4. The van der Waals surface area contributed by atoms with Crippen LogP contribution in [0, 0.1) is 5.92 Å². The Hall–Kier alpha value is -2.54. The molecular formula is C20H26N6O. The topological polar surface area (TPSA) is 65.5 Å². The van der Waals surface area contributed by atoms with Gasteiger partial charge in [0.25, 0.3) is 5.91 Å². The molecule has 3 fully saturated rings. The van der Waals surface area contributed by atoms with E-state index in [2.05, 4.69) is 19.9 Å². The van der Waals surface area contributed by atoms with Gasteiger partial charge in [0.2, 0.25) is 5.95 Å². The quantitative estimate of drug-likeness (QED) is 0.820. The number of hydrogen-bond donors (Lipinski definition) is 0. The average Bonchev–Trinajstić information content (AvgIpc) is 3.00. The number of carbonyl (C=O) groups excluding carboxylic acids is 1. The van der Waals surface area contributed by atoms with E-state index < -0.39 is 0 Å². The van der Waals surface area contributed by atoms with Crippen LogP contribution >= 0.6 is 0 Å². The fraction of sp³-hybridized carbons (Fsp3) is 0.500. The van der Waals surface area contributed by atoms with Crippen molar-refractivity contribution in [2.75, 3.05) is 38.6 Å². The second-order valence-electron chi connectivity index (χ2n) is 7.76. The van der Waals surface area contributed by atoms with E-state index in [0.717, 1.165) is 44.1 Å². The summed E-state index contributed by atoms with van der Waals surface area (Å²) in [5, 5.41) is 0. The predicted octanol–water partition coefficient (Wildman–Crippen LogP) is 1.67. The first kappa shape index (κ1) is 17.9. The van der Waals surface area contributed by atoms with Crippen LogP contribution in [0.15, 0.2) is 36.9 Å². The Morgan fingerprint density at radius 2 is 1.96 bits per heavy atom. The maximum Gasteiger partial charge on any atom is 0.255 e. The van der Waals surface area contributed by atoms with Gasteiger partial charge in [-0.05, 0) is 30.9 Å². The van der Waals surface area contributed by atoms with Crippen molar-refractivity contribution >= 4 is 11.9 Å². The third-order valence-corrected chi connectivity index (χ3v) is 5.50. The maximum absolute atomic E-state index is 12.9. The highest BCUT2D eigenvalue weighted by atomic mass is 16.2. The normalized spacial score (nSPS) is 22.5. The molecule has 2 atom stereocenters. The van der Waals surface area contributed by atoms with Crippen LogP contribution in [0.3, 0.4) is 0 Å². The van der Waals surface area contributed by atoms with Crippen LogP contribution in [-0.4, -0.2) is 70.4 Å². The van der Waals surface area contributed by atoms with Gasteiger partial charge in [-0.2, -0.15) is 0 Å². The van der Waals surface area contributed by atoms with E-state index in [-0.39, 0.29) is 5.91 Å². The predicted molar refractivity (Wildman–Crippen MR) is 103 cm³/mol. The minimum Gasteiger partial charge on any atom is -0.347 e. The van der Waals surface area contributed by atoms with Crippen LogP contribution < -0.4 is 4.90 Å². The Bertz CT molecular complexity index is 779. The molecule has 5 heterocycles. The molecule has 7 nitrogen and oxygen atoms in total. The molecule has 27 heavy (non-hydrogen) atoms. The molecule has 2 bridgehead atoms. The highest BCUT2D eigenvalue weighted by molar-refractivity contribution is 5.94. The molecule has 0 aliphatic carbocycles. The summed E-state index contributed by atoms with van der Waals surface area (Å²) in [6, 6.07) is 4.06. The molecule has 0 saturated carbocycles. The second-order valence-corrected chi connectivity index (χ2v) is 7.76. The van der Waals surface area contributed by atoms with Gasteiger partial charge in [-0.3, -0.25) is 14.7 Å². The molecule has 142 valence electrons. The van der Waals surface area contributed by atoms with Crippen molar-refractivity contribution in [2.45, 2.75) is 25.4 Å². The lowest BCUT2D eigenvalue weighted by atomic mass is 9.95. The fourth-order valence-electron chi connectivity index (χ4n) is 4.11. The summed E-state index contributed by atoms with van der Waals surface area (Å²) >= 11 is 0. The van der Waals surface area contributed by atoms with Gasteiger partial charge in [0.05, 0.1) is 5.56 Å². The van der Waals surface area contributed by atoms with Crippen molar-refractivity contribution in [1.29, 1.82) is 0 Å². The molecule has 3 saturated heterocycles. The lowest BCUT2D eigenvalue weighted by molar-refractivity contribution is 0.0735. The first-order valence-electron chi connectivity index (χ1n) is 9.52. The van der Waals surface area contributed by atoms with E-state index >= 15 is 0 Å². The smallest absolute Gasteiger partial charge is 0.255 e. The largest absolute Gasteiger partial charge is 0.347 e. The number of amides is 1. The molecule has 3 aliphatic rings. The van der Waals surface area contributed by atoms with Crippen molar-refractivity contribution in [3.63, 3.8) is 0 Å². The molecule has 0 spiro atoms. The molecular weight excluding hydrogens is 340 g/mol. The molecule has 2 aromatic rings. The number of nitrogens with zero attached hydrogens (tertiary/aromatic N) is 6. The first-order chi connectivity index (χ1) is 13.1. The highest BCUT2D eigenvalue weighted by Gasteiger charge is 2.36. The molecule has 0 unspecified atom stereocenters. The zero-order chi connectivity index (χ0) is 18.8. The Balaban J connectivity index is 1.46. The standard InChI is InChI=1S/C20H26N6O/c1-24(2)20-22-8-16(9-23-20)13-25-11-15-5-6-18(25)14-26(12-15)19(27)17-4-3-7-21-10-17/h3-4,7-10,15,18H,5-6,11-14H2,1-2H3/t15-,18-/m1/s1. The van der Waals surface area contributed by atoms with Crippen molar-refractivity contribution < 1.29 is 4.79 Å². The molecule has 0 aromatic carbocycles. The van der Waals surface area contributed by atoms with Gasteiger partial charge in [0.15, 0.2) is 0 Å². The summed E-state index contributed by atoms with van der Waals surface area (Å²) in [5.74, 6) is 1.34. The second kappa shape index (κ2) is 7.60. The van der Waals surface area contributed by atoms with Crippen molar-refractivity contribution in [1.82, 2.24) is 24.8 Å². The fourth-order valence-corrected chi connectivity index (χ4v) is 4.11. The van der Waals surface area contributed by atoms with Gasteiger partial charge in [0.1, 0.15) is 0 Å². The number of hydrogen-bond acceptors (Lipinski definition) is 6. The van der Waals surface area contributed by atoms with E-state index in [9.17, 15) is 4.79 Å². The molecule has 5 rings (SSSR count). The summed E-state index contributed by atoms with van der Waals surface area (Å²) < 4.78 is 0. The van der Waals surface area contributed by atoms with Crippen LogP contribution in [0.1, 0.15) is 28.8 Å². The lowest BCUT2D eigenvalue weighted by Crippen LogP contribution is -2.44. The zero-order valence-electron chi connectivity index (χ0n) is 16.0. The molecule has 1 amide bonds. The Labute approximate surface area is 160 Å². The van der Waals surface area contributed by atoms with E-state index in [1.807, 2.05) is 48.4 Å². The maximum atomic E-state index is 12.9. The van der Waals surface area contributed by atoms with Crippen molar-refractivity contribution in [3.05, 3.63) is 48.0 Å². The molecule has 2 aromatic heterocycles. The van der Waals surface area contributed by atoms with Crippen LogP contribution in [-0.2, 0) is 6.54 Å². The Morgan fingerprint density at radius 3 is 2.67 bits per heavy atom. The van der Waals surface area contributed by atoms with E-state index in [0.29, 0.717) is 17.5 Å². The van der Waals surface area contributed by atoms with Crippen molar-refractivity contribution in [2.24, 2.45) is 5.92 Å². The van der Waals surface area contributed by atoms with Crippen molar-refractivity contribution in [3.8, 4) is 0 Å². The monoisotopic (exact) mass is 366 g/mol. The summed E-state index contributed by atoms with van der Waals surface area (Å²) in [7, 11) is 3.88. The summed E-state index contributed by atoms with van der Waals surface area (Å²) in [5.41, 5.74) is 1.80. The van der Waals surface area contributed by atoms with Gasteiger partial charge in [-0.25, -0.2) is 9.97 Å². The third kappa shape index (κ3) is 3.93. The average molecular weight is 366 g/mol.